The lowest BCUT2D eigenvalue weighted by Gasteiger charge is -1.91. The first-order chi connectivity index (χ1) is 10.6. The zero-order valence-electron chi connectivity index (χ0n) is 11.0. The van der Waals surface area contributed by atoms with Gasteiger partial charge in [-0.2, -0.15) is 0 Å². The van der Waals surface area contributed by atoms with Crippen molar-refractivity contribution < 1.29 is 4.39 Å². The molecule has 0 aliphatic heterocycles. The van der Waals surface area contributed by atoms with Gasteiger partial charge in [-0.3, -0.25) is 4.79 Å². The molecule has 7 heteroatoms. The molecular weight excluding hydrogens is 369 g/mol. The fourth-order valence-electron chi connectivity index (χ4n) is 2.26. The maximum absolute atomic E-state index is 13.2. The molecule has 4 nitrogen and oxygen atoms in total. The molecule has 3 aromatic heterocycles. The predicted molar refractivity (Wildman–Crippen MR) is 87.5 cm³/mol. The van der Waals surface area contributed by atoms with Crippen LogP contribution in [0.5, 0.6) is 0 Å². The number of nitrogens with zero attached hydrogens (tertiary/aromatic N) is 3. The second-order valence-corrected chi connectivity index (χ2v) is 6.62. The molecular formula is C15H7BrFN3OS. The van der Waals surface area contributed by atoms with Gasteiger partial charge in [-0.25, -0.2) is 18.8 Å². The van der Waals surface area contributed by atoms with Gasteiger partial charge in [0.05, 0.1) is 4.53 Å². The molecule has 0 radical (unpaired) electrons. The summed E-state index contributed by atoms with van der Waals surface area (Å²) in [6.45, 7) is 0. The molecule has 108 valence electrons. The third-order valence-corrected chi connectivity index (χ3v) is 4.60. The van der Waals surface area contributed by atoms with Crippen LogP contribution in [0.15, 0.2) is 45.8 Å². The minimum Gasteiger partial charge on any atom is -0.267 e. The highest BCUT2D eigenvalue weighted by Gasteiger charge is 2.12. The number of hydrogen-bond donors (Lipinski definition) is 0. The van der Waals surface area contributed by atoms with E-state index < -0.39 is 0 Å². The standard InChI is InChI=1S/C15H7BrFN3OS/c16-9-6-11-13(18-7-9)20-14(21)12(22-15(20)19-11)5-8-2-1-3-10(17)4-8/h1-7H. The highest BCUT2D eigenvalue weighted by atomic mass is 79.9. The van der Waals surface area contributed by atoms with E-state index >= 15 is 0 Å². The maximum Gasteiger partial charge on any atom is 0.276 e. The summed E-state index contributed by atoms with van der Waals surface area (Å²) in [5.74, 6) is -0.334. The van der Waals surface area contributed by atoms with Crippen LogP contribution in [-0.4, -0.2) is 14.4 Å². The fraction of sp³-hybridized carbons (Fsp3) is 0. The first kappa shape index (κ1) is 13.5. The van der Waals surface area contributed by atoms with Crippen molar-refractivity contribution in [3.05, 3.63) is 67.3 Å². The Labute approximate surface area is 135 Å². The third kappa shape index (κ3) is 2.13. The Bertz CT molecular complexity index is 1140. The quantitative estimate of drug-likeness (QED) is 0.513. The van der Waals surface area contributed by atoms with Crippen LogP contribution in [0.25, 0.3) is 22.2 Å². The molecule has 1 aromatic carbocycles. The number of fused-ring (bicyclic) bond motifs is 3. The number of hydrogen-bond acceptors (Lipinski definition) is 4. The minimum atomic E-state index is -0.334. The van der Waals surface area contributed by atoms with Gasteiger partial charge in [-0.1, -0.05) is 23.5 Å². The van der Waals surface area contributed by atoms with Gasteiger partial charge >= 0.3 is 0 Å². The van der Waals surface area contributed by atoms with Crippen molar-refractivity contribution in [3.8, 4) is 0 Å². The molecule has 0 unspecified atom stereocenters. The van der Waals surface area contributed by atoms with Crippen LogP contribution in [0.3, 0.4) is 0 Å². The van der Waals surface area contributed by atoms with Crippen molar-refractivity contribution in [2.24, 2.45) is 0 Å². The second-order valence-electron chi connectivity index (χ2n) is 4.70. The lowest BCUT2D eigenvalue weighted by molar-refractivity contribution is 0.627. The van der Waals surface area contributed by atoms with Crippen molar-refractivity contribution in [1.82, 2.24) is 14.4 Å². The summed E-state index contributed by atoms with van der Waals surface area (Å²) in [4.78, 5) is 21.8. The van der Waals surface area contributed by atoms with Crippen LogP contribution in [0.2, 0.25) is 0 Å². The molecule has 0 aliphatic carbocycles. The number of thiazole rings is 1. The summed E-state index contributed by atoms with van der Waals surface area (Å²) in [6.07, 6.45) is 3.29. The van der Waals surface area contributed by atoms with Crippen molar-refractivity contribution in [1.29, 1.82) is 0 Å². The molecule has 4 rings (SSSR count). The Morgan fingerprint density at radius 1 is 1.32 bits per heavy atom. The van der Waals surface area contributed by atoms with Crippen molar-refractivity contribution >= 4 is 49.5 Å². The van der Waals surface area contributed by atoms with E-state index in [1.54, 1.807) is 24.4 Å². The average molecular weight is 376 g/mol. The Morgan fingerprint density at radius 3 is 3.00 bits per heavy atom. The normalized spacial score (nSPS) is 12.5. The topological polar surface area (TPSA) is 47.3 Å². The lowest BCUT2D eigenvalue weighted by atomic mass is 10.2. The summed E-state index contributed by atoms with van der Waals surface area (Å²) in [7, 11) is 0. The largest absolute Gasteiger partial charge is 0.276 e. The highest BCUT2D eigenvalue weighted by Crippen LogP contribution is 2.18. The molecule has 0 aliphatic rings. The zero-order valence-corrected chi connectivity index (χ0v) is 13.4. The van der Waals surface area contributed by atoms with Crippen LogP contribution in [0.1, 0.15) is 5.56 Å². The van der Waals surface area contributed by atoms with Crippen molar-refractivity contribution in [2.75, 3.05) is 0 Å². The van der Waals surface area contributed by atoms with E-state index in [2.05, 4.69) is 25.9 Å². The van der Waals surface area contributed by atoms with Crippen LogP contribution in [0.4, 0.5) is 4.39 Å². The van der Waals surface area contributed by atoms with Crippen LogP contribution >= 0.6 is 27.3 Å². The van der Waals surface area contributed by atoms with Gasteiger partial charge in [-0.05, 0) is 45.8 Å². The Hall–Kier alpha value is -2.12. The average Bonchev–Trinajstić information content (AvgIpc) is 2.96. The van der Waals surface area contributed by atoms with Gasteiger partial charge in [0.1, 0.15) is 11.3 Å². The Balaban J connectivity index is 2.01. The first-order valence-electron chi connectivity index (χ1n) is 6.35. The highest BCUT2D eigenvalue weighted by molar-refractivity contribution is 9.10. The third-order valence-electron chi connectivity index (χ3n) is 3.19. The predicted octanol–water partition coefficient (Wildman–Crippen LogP) is 2.75. The van der Waals surface area contributed by atoms with E-state index in [1.807, 2.05) is 6.07 Å². The maximum atomic E-state index is 13.2. The minimum absolute atomic E-state index is 0.193. The molecule has 4 aromatic rings. The summed E-state index contributed by atoms with van der Waals surface area (Å²) in [6, 6.07) is 7.93. The number of aromatic nitrogens is 3. The van der Waals surface area contributed by atoms with Gasteiger partial charge < -0.3 is 0 Å². The zero-order chi connectivity index (χ0) is 15.3. The van der Waals surface area contributed by atoms with Gasteiger partial charge in [0.2, 0.25) is 0 Å². The monoisotopic (exact) mass is 375 g/mol. The number of imidazole rings is 1. The second kappa shape index (κ2) is 4.96. The molecule has 0 saturated heterocycles. The number of benzene rings is 1. The van der Waals surface area contributed by atoms with E-state index in [1.165, 1.54) is 27.9 Å². The molecule has 22 heavy (non-hydrogen) atoms. The number of rotatable bonds is 1. The SMILES string of the molecule is O=c1c(=Cc2cccc(F)c2)sc2nc3cc(Br)cnc3n12. The van der Waals surface area contributed by atoms with Crippen LogP contribution in [-0.2, 0) is 0 Å². The molecule has 0 N–H and O–H groups in total. The van der Waals surface area contributed by atoms with Crippen molar-refractivity contribution in [2.45, 2.75) is 0 Å². The molecule has 0 saturated carbocycles. The Kier molecular flexibility index (Phi) is 3.05. The molecule has 0 fully saturated rings. The van der Waals surface area contributed by atoms with Crippen LogP contribution in [0, 0.1) is 5.82 Å². The van der Waals surface area contributed by atoms with Gasteiger partial charge in [0.15, 0.2) is 10.6 Å². The smallest absolute Gasteiger partial charge is 0.267 e. The van der Waals surface area contributed by atoms with E-state index in [0.717, 1.165) is 4.47 Å². The van der Waals surface area contributed by atoms with E-state index in [-0.39, 0.29) is 11.4 Å². The van der Waals surface area contributed by atoms with Gasteiger partial charge in [0.25, 0.3) is 5.56 Å². The summed E-state index contributed by atoms with van der Waals surface area (Å²) in [5.41, 5.74) is 1.64. The van der Waals surface area contributed by atoms with E-state index in [9.17, 15) is 9.18 Å². The Morgan fingerprint density at radius 2 is 2.18 bits per heavy atom. The van der Waals surface area contributed by atoms with Crippen molar-refractivity contribution in [3.63, 3.8) is 0 Å². The van der Waals surface area contributed by atoms with E-state index in [4.69, 9.17) is 0 Å². The fourth-order valence-corrected chi connectivity index (χ4v) is 3.56. The van der Waals surface area contributed by atoms with E-state index in [0.29, 0.717) is 26.2 Å². The summed E-state index contributed by atoms with van der Waals surface area (Å²) < 4.78 is 16.0. The number of halogens is 2. The lowest BCUT2D eigenvalue weighted by Crippen LogP contribution is -2.22. The molecule has 0 amide bonds. The van der Waals surface area contributed by atoms with Gasteiger partial charge in [-0.15, -0.1) is 0 Å². The molecule has 3 heterocycles. The molecule has 0 spiro atoms. The summed E-state index contributed by atoms with van der Waals surface area (Å²) in [5, 5.41) is 0. The van der Waals surface area contributed by atoms with Gasteiger partial charge in [0, 0.05) is 10.7 Å². The first-order valence-corrected chi connectivity index (χ1v) is 7.96. The van der Waals surface area contributed by atoms with Crippen LogP contribution < -0.4 is 10.1 Å². The molecule has 0 atom stereocenters. The number of pyridine rings is 1. The summed E-state index contributed by atoms with van der Waals surface area (Å²) >= 11 is 4.60. The molecule has 0 bridgehead atoms.